The first-order valence-corrected chi connectivity index (χ1v) is 5.45. The Labute approximate surface area is 85.5 Å². The molecule has 0 bridgehead atoms. The van der Waals surface area contributed by atoms with Gasteiger partial charge in [0.05, 0.1) is 0 Å². The van der Waals surface area contributed by atoms with Crippen LogP contribution >= 0.6 is 0 Å². The molecule has 1 fully saturated rings. The maximum Gasteiger partial charge on any atom is 0.108 e. The van der Waals surface area contributed by atoms with Crippen LogP contribution in [0.2, 0.25) is 0 Å². The van der Waals surface area contributed by atoms with Gasteiger partial charge in [0.1, 0.15) is 5.82 Å². The van der Waals surface area contributed by atoms with E-state index in [1.54, 1.807) is 0 Å². The molecule has 1 aliphatic heterocycles. The van der Waals surface area contributed by atoms with Crippen molar-refractivity contribution < 1.29 is 0 Å². The lowest BCUT2D eigenvalue weighted by Crippen LogP contribution is -2.36. The van der Waals surface area contributed by atoms with Gasteiger partial charge in [-0.3, -0.25) is 0 Å². The molecule has 1 aromatic rings. The average molecular weight is 193 g/mol. The lowest BCUT2D eigenvalue weighted by atomic mass is 9.90. The first kappa shape index (κ1) is 9.71. The SMILES string of the molecule is CC1CC(Cc2nccn2C)CCN1. The fourth-order valence-corrected chi connectivity index (χ4v) is 2.27. The fourth-order valence-electron chi connectivity index (χ4n) is 2.27. The van der Waals surface area contributed by atoms with Gasteiger partial charge in [0.25, 0.3) is 0 Å². The van der Waals surface area contributed by atoms with Crippen LogP contribution in [0.4, 0.5) is 0 Å². The van der Waals surface area contributed by atoms with Gasteiger partial charge in [-0.2, -0.15) is 0 Å². The normalized spacial score (nSPS) is 27.9. The third kappa shape index (κ3) is 2.15. The molecule has 1 aromatic heterocycles. The summed E-state index contributed by atoms with van der Waals surface area (Å²) in [5, 5.41) is 3.48. The van der Waals surface area contributed by atoms with Gasteiger partial charge in [0, 0.05) is 31.9 Å². The number of aryl methyl sites for hydroxylation is 1. The summed E-state index contributed by atoms with van der Waals surface area (Å²) in [6.45, 7) is 3.43. The largest absolute Gasteiger partial charge is 0.338 e. The van der Waals surface area contributed by atoms with Gasteiger partial charge in [0.15, 0.2) is 0 Å². The zero-order chi connectivity index (χ0) is 9.97. The van der Waals surface area contributed by atoms with E-state index in [9.17, 15) is 0 Å². The molecule has 78 valence electrons. The zero-order valence-corrected chi connectivity index (χ0v) is 9.03. The Morgan fingerprint density at radius 3 is 3.14 bits per heavy atom. The molecule has 0 radical (unpaired) electrons. The van der Waals surface area contributed by atoms with Crippen LogP contribution in [-0.2, 0) is 13.5 Å². The molecule has 2 atom stereocenters. The maximum atomic E-state index is 4.38. The Kier molecular flexibility index (Phi) is 2.87. The van der Waals surface area contributed by atoms with Gasteiger partial charge in [-0.15, -0.1) is 0 Å². The van der Waals surface area contributed by atoms with Crippen LogP contribution in [0.25, 0.3) is 0 Å². The molecule has 14 heavy (non-hydrogen) atoms. The van der Waals surface area contributed by atoms with E-state index >= 15 is 0 Å². The van der Waals surface area contributed by atoms with Crippen molar-refractivity contribution >= 4 is 0 Å². The molecule has 0 spiro atoms. The third-order valence-corrected chi connectivity index (χ3v) is 3.12. The summed E-state index contributed by atoms with van der Waals surface area (Å²) in [6.07, 6.45) is 7.62. The van der Waals surface area contributed by atoms with Crippen molar-refractivity contribution in [2.75, 3.05) is 6.54 Å². The minimum atomic E-state index is 0.675. The predicted octanol–water partition coefficient (Wildman–Crippen LogP) is 1.35. The summed E-state index contributed by atoms with van der Waals surface area (Å²) >= 11 is 0. The van der Waals surface area contributed by atoms with Gasteiger partial charge in [0.2, 0.25) is 0 Å². The van der Waals surface area contributed by atoms with Crippen molar-refractivity contribution in [3.05, 3.63) is 18.2 Å². The molecule has 1 N–H and O–H groups in total. The lowest BCUT2D eigenvalue weighted by Gasteiger charge is -2.27. The van der Waals surface area contributed by atoms with E-state index in [0.29, 0.717) is 6.04 Å². The third-order valence-electron chi connectivity index (χ3n) is 3.12. The number of rotatable bonds is 2. The van der Waals surface area contributed by atoms with E-state index in [-0.39, 0.29) is 0 Å². The Morgan fingerprint density at radius 1 is 1.64 bits per heavy atom. The molecule has 1 saturated heterocycles. The summed E-state index contributed by atoms with van der Waals surface area (Å²) in [6, 6.07) is 0.675. The highest BCUT2D eigenvalue weighted by molar-refractivity contribution is 4.94. The van der Waals surface area contributed by atoms with Crippen LogP contribution in [0.1, 0.15) is 25.6 Å². The molecule has 2 heterocycles. The van der Waals surface area contributed by atoms with Crippen molar-refractivity contribution in [2.24, 2.45) is 13.0 Å². The number of nitrogens with zero attached hydrogens (tertiary/aromatic N) is 2. The molecule has 3 heteroatoms. The van der Waals surface area contributed by atoms with Gasteiger partial charge in [-0.05, 0) is 32.2 Å². The van der Waals surface area contributed by atoms with E-state index in [1.165, 1.54) is 18.7 Å². The Morgan fingerprint density at radius 2 is 2.50 bits per heavy atom. The molecule has 0 saturated carbocycles. The number of aromatic nitrogens is 2. The number of piperidine rings is 1. The highest BCUT2D eigenvalue weighted by Gasteiger charge is 2.19. The van der Waals surface area contributed by atoms with Crippen molar-refractivity contribution in [3.63, 3.8) is 0 Å². The summed E-state index contributed by atoms with van der Waals surface area (Å²) in [5.41, 5.74) is 0. The first-order chi connectivity index (χ1) is 6.75. The van der Waals surface area contributed by atoms with Crippen LogP contribution in [0.5, 0.6) is 0 Å². The average Bonchev–Trinajstić information content (AvgIpc) is 2.52. The van der Waals surface area contributed by atoms with Crippen molar-refractivity contribution in [3.8, 4) is 0 Å². The summed E-state index contributed by atoms with van der Waals surface area (Å²) in [5.74, 6) is 2.04. The smallest absolute Gasteiger partial charge is 0.108 e. The second-order valence-corrected chi connectivity index (χ2v) is 4.40. The Bertz CT molecular complexity index is 292. The molecule has 3 nitrogen and oxygen atoms in total. The topological polar surface area (TPSA) is 29.9 Å². The Balaban J connectivity index is 1.94. The number of hydrogen-bond donors (Lipinski definition) is 1. The van der Waals surface area contributed by atoms with Crippen molar-refractivity contribution in [2.45, 2.75) is 32.2 Å². The number of nitrogens with one attached hydrogen (secondary N) is 1. The van der Waals surface area contributed by atoms with E-state index in [4.69, 9.17) is 0 Å². The van der Waals surface area contributed by atoms with Gasteiger partial charge >= 0.3 is 0 Å². The number of imidazole rings is 1. The molecular formula is C11H19N3. The van der Waals surface area contributed by atoms with E-state index in [1.807, 2.05) is 12.4 Å². The molecular weight excluding hydrogens is 174 g/mol. The molecule has 0 aliphatic carbocycles. The molecule has 2 unspecified atom stereocenters. The van der Waals surface area contributed by atoms with Crippen LogP contribution in [-0.4, -0.2) is 22.1 Å². The maximum absolute atomic E-state index is 4.38. The van der Waals surface area contributed by atoms with Crippen molar-refractivity contribution in [1.29, 1.82) is 0 Å². The van der Waals surface area contributed by atoms with Gasteiger partial charge < -0.3 is 9.88 Å². The second-order valence-electron chi connectivity index (χ2n) is 4.40. The first-order valence-electron chi connectivity index (χ1n) is 5.45. The minimum Gasteiger partial charge on any atom is -0.338 e. The molecule has 0 amide bonds. The summed E-state index contributed by atoms with van der Waals surface area (Å²) in [4.78, 5) is 4.38. The highest BCUT2D eigenvalue weighted by atomic mass is 15.0. The van der Waals surface area contributed by atoms with Crippen LogP contribution in [0, 0.1) is 5.92 Å². The van der Waals surface area contributed by atoms with Crippen LogP contribution in [0.15, 0.2) is 12.4 Å². The fraction of sp³-hybridized carbons (Fsp3) is 0.727. The monoisotopic (exact) mass is 193 g/mol. The minimum absolute atomic E-state index is 0.675. The second kappa shape index (κ2) is 4.13. The van der Waals surface area contributed by atoms with Gasteiger partial charge in [-0.1, -0.05) is 0 Å². The van der Waals surface area contributed by atoms with Crippen LogP contribution in [0.3, 0.4) is 0 Å². The standard InChI is InChI=1S/C11H19N3/c1-9-7-10(3-4-12-9)8-11-13-5-6-14(11)2/h5-6,9-10,12H,3-4,7-8H2,1-2H3. The highest BCUT2D eigenvalue weighted by Crippen LogP contribution is 2.19. The van der Waals surface area contributed by atoms with E-state index in [0.717, 1.165) is 18.9 Å². The number of hydrogen-bond acceptors (Lipinski definition) is 2. The quantitative estimate of drug-likeness (QED) is 0.768. The molecule has 2 rings (SSSR count). The van der Waals surface area contributed by atoms with E-state index in [2.05, 4.69) is 28.8 Å². The van der Waals surface area contributed by atoms with E-state index < -0.39 is 0 Å². The predicted molar refractivity (Wildman–Crippen MR) is 57.1 cm³/mol. The summed E-state index contributed by atoms with van der Waals surface area (Å²) in [7, 11) is 2.08. The summed E-state index contributed by atoms with van der Waals surface area (Å²) < 4.78 is 2.13. The van der Waals surface area contributed by atoms with Crippen LogP contribution < -0.4 is 5.32 Å². The Hall–Kier alpha value is -0.830. The lowest BCUT2D eigenvalue weighted by molar-refractivity contribution is 0.309. The zero-order valence-electron chi connectivity index (χ0n) is 9.03. The molecule has 1 aliphatic rings. The van der Waals surface area contributed by atoms with Gasteiger partial charge in [-0.25, -0.2) is 4.98 Å². The van der Waals surface area contributed by atoms with Crippen molar-refractivity contribution in [1.82, 2.24) is 14.9 Å². The molecule has 0 aromatic carbocycles.